The van der Waals surface area contributed by atoms with E-state index in [0.29, 0.717) is 11.3 Å². The highest BCUT2D eigenvalue weighted by Crippen LogP contribution is 2.33. The van der Waals surface area contributed by atoms with E-state index in [1.54, 1.807) is 0 Å². The van der Waals surface area contributed by atoms with Crippen molar-refractivity contribution in [3.8, 4) is 0 Å². The Morgan fingerprint density at radius 1 is 1.29 bits per heavy atom. The van der Waals surface area contributed by atoms with E-state index in [1.807, 2.05) is 4.57 Å². The average Bonchev–Trinajstić information content (AvgIpc) is 2.73. The zero-order chi connectivity index (χ0) is 15.0. The Bertz CT molecular complexity index is 644. The lowest BCUT2D eigenvalue weighted by Gasteiger charge is -2.25. The predicted octanol–water partition coefficient (Wildman–Crippen LogP) is 4.98. The molecule has 1 aliphatic rings. The van der Waals surface area contributed by atoms with Crippen LogP contribution in [0.15, 0.2) is 18.2 Å². The summed E-state index contributed by atoms with van der Waals surface area (Å²) in [5.74, 6) is 1.59. The third-order valence-corrected chi connectivity index (χ3v) is 4.50. The van der Waals surface area contributed by atoms with Crippen LogP contribution in [-0.4, -0.2) is 9.55 Å². The first-order valence-corrected chi connectivity index (χ1v) is 7.65. The normalized spacial score (nSPS) is 16.4. The summed E-state index contributed by atoms with van der Waals surface area (Å²) in [7, 11) is 0. The van der Waals surface area contributed by atoms with E-state index in [9.17, 15) is 13.2 Å². The molecule has 1 saturated carbocycles. The van der Waals surface area contributed by atoms with Gasteiger partial charge in [0, 0.05) is 6.54 Å². The zero-order valence-electron chi connectivity index (χ0n) is 11.5. The van der Waals surface area contributed by atoms with Gasteiger partial charge in [-0.15, -0.1) is 11.6 Å². The van der Waals surface area contributed by atoms with E-state index in [-0.39, 0.29) is 5.88 Å². The van der Waals surface area contributed by atoms with Crippen LogP contribution in [0, 0.1) is 5.92 Å². The first-order chi connectivity index (χ1) is 9.99. The maximum atomic E-state index is 12.8. The number of hydrogen-bond acceptors (Lipinski definition) is 1. The average molecular weight is 317 g/mol. The van der Waals surface area contributed by atoms with Gasteiger partial charge in [0.25, 0.3) is 0 Å². The molecule has 1 aliphatic carbocycles. The lowest BCUT2D eigenvalue weighted by atomic mass is 9.83. The fraction of sp³-hybridized carbons (Fsp3) is 0.533. The number of nitrogens with zero attached hydrogens (tertiary/aromatic N) is 2. The first kappa shape index (κ1) is 14.7. The Labute approximate surface area is 125 Å². The Morgan fingerprint density at radius 3 is 2.62 bits per heavy atom. The molecule has 0 amide bonds. The molecule has 1 aromatic heterocycles. The van der Waals surface area contributed by atoms with Gasteiger partial charge in [0.1, 0.15) is 5.82 Å². The summed E-state index contributed by atoms with van der Waals surface area (Å²) < 4.78 is 40.2. The minimum atomic E-state index is -4.34. The number of alkyl halides is 4. The van der Waals surface area contributed by atoms with Crippen LogP contribution in [0.4, 0.5) is 13.2 Å². The van der Waals surface area contributed by atoms with Crippen molar-refractivity contribution in [3.63, 3.8) is 0 Å². The van der Waals surface area contributed by atoms with Crippen molar-refractivity contribution in [2.24, 2.45) is 5.92 Å². The number of fused-ring (bicyclic) bond motifs is 1. The smallest absolute Gasteiger partial charge is 0.327 e. The zero-order valence-corrected chi connectivity index (χ0v) is 12.2. The van der Waals surface area contributed by atoms with E-state index in [4.69, 9.17) is 11.6 Å². The SMILES string of the molecule is FC(F)(F)c1ccc2c(c1)nc(CCl)n2CCC1CCC1. The largest absolute Gasteiger partial charge is 0.416 e. The van der Waals surface area contributed by atoms with Crippen LogP contribution in [0.1, 0.15) is 37.1 Å². The summed E-state index contributed by atoms with van der Waals surface area (Å²) in [4.78, 5) is 4.26. The van der Waals surface area contributed by atoms with Crippen molar-refractivity contribution in [1.82, 2.24) is 9.55 Å². The lowest BCUT2D eigenvalue weighted by Crippen LogP contribution is -2.14. The molecule has 0 unspecified atom stereocenters. The fourth-order valence-corrected chi connectivity index (χ4v) is 3.00. The maximum absolute atomic E-state index is 12.8. The highest BCUT2D eigenvalue weighted by molar-refractivity contribution is 6.16. The molecule has 0 spiro atoms. The van der Waals surface area contributed by atoms with Crippen LogP contribution < -0.4 is 0 Å². The van der Waals surface area contributed by atoms with Crippen LogP contribution >= 0.6 is 11.6 Å². The number of aryl methyl sites for hydroxylation is 1. The van der Waals surface area contributed by atoms with Crippen molar-refractivity contribution in [2.45, 2.75) is 44.3 Å². The van der Waals surface area contributed by atoms with Crippen molar-refractivity contribution >= 4 is 22.6 Å². The number of benzene rings is 1. The van der Waals surface area contributed by atoms with Gasteiger partial charge in [-0.25, -0.2) is 4.98 Å². The number of halogens is 4. The van der Waals surface area contributed by atoms with Crippen LogP contribution in [0.2, 0.25) is 0 Å². The highest BCUT2D eigenvalue weighted by atomic mass is 35.5. The van der Waals surface area contributed by atoms with Crippen LogP contribution in [0.25, 0.3) is 11.0 Å². The molecule has 114 valence electrons. The molecule has 0 N–H and O–H groups in total. The lowest BCUT2D eigenvalue weighted by molar-refractivity contribution is -0.137. The molecule has 0 atom stereocenters. The summed E-state index contributed by atoms with van der Waals surface area (Å²) in [5.41, 5.74) is 0.437. The molecule has 21 heavy (non-hydrogen) atoms. The monoisotopic (exact) mass is 316 g/mol. The summed E-state index contributed by atoms with van der Waals surface area (Å²) in [5, 5.41) is 0. The van der Waals surface area contributed by atoms with Crippen LogP contribution in [0.5, 0.6) is 0 Å². The van der Waals surface area contributed by atoms with Gasteiger partial charge in [0.15, 0.2) is 0 Å². The van der Waals surface area contributed by atoms with Gasteiger partial charge in [0.2, 0.25) is 0 Å². The number of imidazole rings is 1. The van der Waals surface area contributed by atoms with Gasteiger partial charge in [-0.05, 0) is 30.5 Å². The number of hydrogen-bond donors (Lipinski definition) is 0. The van der Waals surface area contributed by atoms with Crippen LogP contribution in [0.3, 0.4) is 0 Å². The quantitative estimate of drug-likeness (QED) is 0.727. The van der Waals surface area contributed by atoms with Crippen molar-refractivity contribution in [3.05, 3.63) is 29.6 Å². The van der Waals surface area contributed by atoms with E-state index in [2.05, 4.69) is 4.98 Å². The molecular weight excluding hydrogens is 301 g/mol. The fourth-order valence-electron chi connectivity index (χ4n) is 2.80. The molecule has 1 aromatic carbocycles. The van der Waals surface area contributed by atoms with Crippen molar-refractivity contribution in [2.75, 3.05) is 0 Å². The molecule has 0 radical (unpaired) electrons. The minimum absolute atomic E-state index is 0.209. The Balaban J connectivity index is 1.93. The molecule has 2 nitrogen and oxygen atoms in total. The van der Waals surface area contributed by atoms with E-state index in [1.165, 1.54) is 25.3 Å². The molecular formula is C15H16ClF3N2. The maximum Gasteiger partial charge on any atom is 0.416 e. The van der Waals surface area contributed by atoms with E-state index >= 15 is 0 Å². The molecule has 1 heterocycles. The topological polar surface area (TPSA) is 17.8 Å². The number of aromatic nitrogens is 2. The Hall–Kier alpha value is -1.23. The summed E-state index contributed by atoms with van der Waals surface area (Å²) >= 11 is 5.89. The molecule has 3 rings (SSSR count). The summed E-state index contributed by atoms with van der Waals surface area (Å²) in [6, 6.07) is 3.72. The molecule has 2 aromatic rings. The highest BCUT2D eigenvalue weighted by Gasteiger charge is 2.31. The van der Waals surface area contributed by atoms with Crippen LogP contribution in [-0.2, 0) is 18.6 Å². The van der Waals surface area contributed by atoms with E-state index in [0.717, 1.165) is 36.5 Å². The van der Waals surface area contributed by atoms with Gasteiger partial charge in [-0.3, -0.25) is 0 Å². The Morgan fingerprint density at radius 2 is 2.05 bits per heavy atom. The summed E-state index contributed by atoms with van der Waals surface area (Å²) in [6.45, 7) is 0.772. The third kappa shape index (κ3) is 2.89. The van der Waals surface area contributed by atoms with E-state index < -0.39 is 11.7 Å². The molecule has 0 saturated heterocycles. The Kier molecular flexibility index (Phi) is 3.86. The van der Waals surface area contributed by atoms with Crippen molar-refractivity contribution < 1.29 is 13.2 Å². The standard InChI is InChI=1S/C15H16ClF3N2/c16-9-14-20-12-8-11(15(17,18)19)4-5-13(12)21(14)7-6-10-2-1-3-10/h4-5,8,10H,1-3,6-7,9H2. The molecule has 0 aliphatic heterocycles. The minimum Gasteiger partial charge on any atom is -0.327 e. The van der Waals surface area contributed by atoms with Gasteiger partial charge >= 0.3 is 6.18 Å². The summed E-state index contributed by atoms with van der Waals surface area (Å²) in [6.07, 6.45) is 0.482. The molecule has 6 heteroatoms. The second-order valence-corrected chi connectivity index (χ2v) is 5.87. The third-order valence-electron chi connectivity index (χ3n) is 4.26. The van der Waals surface area contributed by atoms with Crippen molar-refractivity contribution in [1.29, 1.82) is 0 Å². The van der Waals surface area contributed by atoms with Gasteiger partial charge < -0.3 is 4.57 Å². The predicted molar refractivity (Wildman–Crippen MR) is 76.3 cm³/mol. The second kappa shape index (κ2) is 5.52. The molecule has 1 fully saturated rings. The second-order valence-electron chi connectivity index (χ2n) is 5.60. The van der Waals surface area contributed by atoms with Gasteiger partial charge in [0.05, 0.1) is 22.5 Å². The molecule has 0 bridgehead atoms. The number of rotatable bonds is 4. The van der Waals surface area contributed by atoms with Gasteiger partial charge in [-0.2, -0.15) is 13.2 Å². The first-order valence-electron chi connectivity index (χ1n) is 7.11. The van der Waals surface area contributed by atoms with Gasteiger partial charge in [-0.1, -0.05) is 19.3 Å².